The van der Waals surface area contributed by atoms with Crippen molar-refractivity contribution in [3.8, 4) is 11.5 Å². The van der Waals surface area contributed by atoms with Gasteiger partial charge < -0.3 is 14.4 Å². The van der Waals surface area contributed by atoms with Gasteiger partial charge in [0.05, 0.1) is 25.8 Å². The molecule has 126 valence electrons. The van der Waals surface area contributed by atoms with E-state index in [2.05, 4.69) is 0 Å². The highest BCUT2D eigenvalue weighted by molar-refractivity contribution is 5.95. The molecule has 0 spiro atoms. The fraction of sp³-hybridized carbons (Fsp3) is 0.316. The molecule has 24 heavy (non-hydrogen) atoms. The number of hydrogen-bond donors (Lipinski definition) is 0. The minimum absolute atomic E-state index is 0.105. The zero-order chi connectivity index (χ0) is 17.3. The molecule has 1 atom stereocenters. The summed E-state index contributed by atoms with van der Waals surface area (Å²) < 4.78 is 24.7. The minimum Gasteiger partial charge on any atom is -0.493 e. The van der Waals surface area contributed by atoms with Gasteiger partial charge in [-0.05, 0) is 48.7 Å². The van der Waals surface area contributed by atoms with Crippen LogP contribution in [0, 0.1) is 5.82 Å². The van der Waals surface area contributed by atoms with E-state index in [1.54, 1.807) is 31.3 Å². The van der Waals surface area contributed by atoms with E-state index in [4.69, 9.17) is 9.47 Å². The van der Waals surface area contributed by atoms with E-state index in [0.29, 0.717) is 24.5 Å². The average molecular weight is 329 g/mol. The van der Waals surface area contributed by atoms with Gasteiger partial charge in [-0.1, -0.05) is 12.1 Å². The molecule has 0 saturated carbocycles. The van der Waals surface area contributed by atoms with Crippen molar-refractivity contribution in [2.75, 3.05) is 20.8 Å². The smallest absolute Gasteiger partial charge is 0.257 e. The molecule has 5 heteroatoms. The summed E-state index contributed by atoms with van der Waals surface area (Å²) in [5.74, 6) is 0.523. The van der Waals surface area contributed by atoms with Gasteiger partial charge in [-0.2, -0.15) is 0 Å². The highest BCUT2D eigenvalue weighted by Crippen LogP contribution is 2.38. The average Bonchev–Trinajstić information content (AvgIpc) is 2.61. The van der Waals surface area contributed by atoms with Crippen LogP contribution in [-0.4, -0.2) is 31.6 Å². The zero-order valence-electron chi connectivity index (χ0n) is 14.0. The highest BCUT2D eigenvalue weighted by atomic mass is 19.1. The van der Waals surface area contributed by atoms with Crippen molar-refractivity contribution >= 4 is 5.91 Å². The Morgan fingerprint density at radius 1 is 1.17 bits per heavy atom. The van der Waals surface area contributed by atoms with E-state index in [1.165, 1.54) is 12.1 Å². The number of carbonyl (C=O) groups is 1. The first-order valence-corrected chi connectivity index (χ1v) is 7.87. The van der Waals surface area contributed by atoms with Crippen molar-refractivity contribution < 1.29 is 18.7 Å². The number of amides is 1. The van der Waals surface area contributed by atoms with Gasteiger partial charge in [0.2, 0.25) is 0 Å². The molecule has 1 aliphatic heterocycles. The van der Waals surface area contributed by atoms with Crippen LogP contribution in [0.4, 0.5) is 4.39 Å². The Kier molecular flexibility index (Phi) is 4.42. The summed E-state index contributed by atoms with van der Waals surface area (Å²) in [6, 6.07) is 9.78. The topological polar surface area (TPSA) is 38.8 Å². The summed E-state index contributed by atoms with van der Waals surface area (Å²) in [7, 11) is 3.19. The van der Waals surface area contributed by atoms with Crippen LogP contribution in [0.5, 0.6) is 11.5 Å². The number of rotatable bonds is 3. The van der Waals surface area contributed by atoms with Gasteiger partial charge in [-0.15, -0.1) is 0 Å². The summed E-state index contributed by atoms with van der Waals surface area (Å²) in [5, 5.41) is 0. The van der Waals surface area contributed by atoms with E-state index in [-0.39, 0.29) is 17.5 Å². The molecule has 2 aromatic rings. The summed E-state index contributed by atoms with van der Waals surface area (Å²) >= 11 is 0. The van der Waals surface area contributed by atoms with E-state index < -0.39 is 5.82 Å². The Labute approximate surface area is 140 Å². The van der Waals surface area contributed by atoms with Crippen LogP contribution in [0.3, 0.4) is 0 Å². The van der Waals surface area contributed by atoms with E-state index in [9.17, 15) is 9.18 Å². The van der Waals surface area contributed by atoms with Gasteiger partial charge in [0.25, 0.3) is 5.91 Å². The molecule has 3 rings (SSSR count). The van der Waals surface area contributed by atoms with Crippen LogP contribution < -0.4 is 9.47 Å². The number of ether oxygens (including phenoxy) is 2. The lowest BCUT2D eigenvalue weighted by molar-refractivity contribution is 0.0672. The number of nitrogens with zero attached hydrogens (tertiary/aromatic N) is 1. The second-order valence-corrected chi connectivity index (χ2v) is 5.81. The number of hydrogen-bond acceptors (Lipinski definition) is 3. The van der Waals surface area contributed by atoms with Gasteiger partial charge in [0.1, 0.15) is 5.82 Å². The molecule has 0 unspecified atom stereocenters. The van der Waals surface area contributed by atoms with Crippen molar-refractivity contribution in [2.24, 2.45) is 0 Å². The molecular formula is C19H20FNO3. The van der Waals surface area contributed by atoms with Gasteiger partial charge in [-0.3, -0.25) is 4.79 Å². The van der Waals surface area contributed by atoms with Crippen molar-refractivity contribution in [3.05, 3.63) is 58.9 Å². The third kappa shape index (κ3) is 2.70. The van der Waals surface area contributed by atoms with Crippen molar-refractivity contribution in [1.82, 2.24) is 4.90 Å². The number of carbonyl (C=O) groups excluding carboxylic acids is 1. The predicted molar refractivity (Wildman–Crippen MR) is 89.1 cm³/mol. The molecule has 4 nitrogen and oxygen atoms in total. The first-order chi connectivity index (χ1) is 11.6. The molecule has 2 aromatic carbocycles. The molecule has 0 fully saturated rings. The monoisotopic (exact) mass is 329 g/mol. The van der Waals surface area contributed by atoms with Crippen molar-refractivity contribution in [3.63, 3.8) is 0 Å². The Morgan fingerprint density at radius 2 is 1.83 bits per heavy atom. The third-order valence-electron chi connectivity index (χ3n) is 4.55. The molecule has 1 aliphatic rings. The third-order valence-corrected chi connectivity index (χ3v) is 4.55. The molecule has 0 aromatic heterocycles. The lowest BCUT2D eigenvalue weighted by Gasteiger charge is -2.36. The summed E-state index contributed by atoms with van der Waals surface area (Å²) in [6.45, 7) is 2.49. The Balaban J connectivity index is 1.96. The first-order valence-electron chi connectivity index (χ1n) is 7.87. The molecule has 0 saturated heterocycles. The Morgan fingerprint density at radius 3 is 2.50 bits per heavy atom. The maximum atomic E-state index is 14.0. The molecule has 0 radical (unpaired) electrons. The van der Waals surface area contributed by atoms with Gasteiger partial charge in [0, 0.05) is 6.54 Å². The lowest BCUT2D eigenvalue weighted by Crippen LogP contribution is -2.39. The highest BCUT2D eigenvalue weighted by Gasteiger charge is 2.30. The molecule has 0 aliphatic carbocycles. The fourth-order valence-electron chi connectivity index (χ4n) is 3.21. The number of halogens is 1. The standard InChI is InChI=1S/C19H20FNO3/c1-12-15-11-18(24-3)17(23-2)10-13(15)8-9-21(12)19(22)14-6-4-5-7-16(14)20/h4-7,10-12H,8-9H2,1-3H3/t12-/m1/s1. The van der Waals surface area contributed by atoms with Crippen LogP contribution >= 0.6 is 0 Å². The number of benzene rings is 2. The molecule has 1 heterocycles. The molecular weight excluding hydrogens is 309 g/mol. The number of fused-ring (bicyclic) bond motifs is 1. The Bertz CT molecular complexity index is 775. The summed E-state index contributed by atoms with van der Waals surface area (Å²) in [5.41, 5.74) is 2.23. The second-order valence-electron chi connectivity index (χ2n) is 5.81. The number of methoxy groups -OCH3 is 2. The van der Waals surface area contributed by atoms with Crippen LogP contribution in [0.1, 0.15) is 34.5 Å². The predicted octanol–water partition coefficient (Wildman–Crippen LogP) is 3.60. The fourth-order valence-corrected chi connectivity index (χ4v) is 3.21. The van der Waals surface area contributed by atoms with Crippen LogP contribution in [0.2, 0.25) is 0 Å². The van der Waals surface area contributed by atoms with Crippen LogP contribution in [0.15, 0.2) is 36.4 Å². The quantitative estimate of drug-likeness (QED) is 0.863. The first kappa shape index (κ1) is 16.3. The van der Waals surface area contributed by atoms with Crippen molar-refractivity contribution in [1.29, 1.82) is 0 Å². The Hall–Kier alpha value is -2.56. The molecule has 0 bridgehead atoms. The van der Waals surface area contributed by atoms with Gasteiger partial charge in [-0.25, -0.2) is 4.39 Å². The normalized spacial score (nSPS) is 16.5. The maximum absolute atomic E-state index is 14.0. The van der Waals surface area contributed by atoms with Gasteiger partial charge >= 0.3 is 0 Å². The largest absolute Gasteiger partial charge is 0.493 e. The molecule has 0 N–H and O–H groups in total. The zero-order valence-corrected chi connectivity index (χ0v) is 14.0. The van der Waals surface area contributed by atoms with Crippen molar-refractivity contribution in [2.45, 2.75) is 19.4 Å². The minimum atomic E-state index is -0.493. The van der Waals surface area contributed by atoms with E-state index in [0.717, 1.165) is 11.1 Å². The summed E-state index contributed by atoms with van der Waals surface area (Å²) in [4.78, 5) is 14.4. The SMILES string of the molecule is COc1cc2c(cc1OC)[C@@H](C)N(C(=O)c1ccccc1F)CC2. The lowest BCUT2D eigenvalue weighted by atomic mass is 9.92. The summed E-state index contributed by atoms with van der Waals surface area (Å²) in [6.07, 6.45) is 0.695. The second kappa shape index (κ2) is 6.51. The van der Waals surface area contributed by atoms with Crippen LogP contribution in [-0.2, 0) is 6.42 Å². The van der Waals surface area contributed by atoms with E-state index >= 15 is 0 Å². The maximum Gasteiger partial charge on any atom is 0.257 e. The van der Waals surface area contributed by atoms with Gasteiger partial charge in [0.15, 0.2) is 11.5 Å². The van der Waals surface area contributed by atoms with E-state index in [1.807, 2.05) is 19.1 Å². The molecule has 1 amide bonds. The van der Waals surface area contributed by atoms with Crippen LogP contribution in [0.25, 0.3) is 0 Å².